The molecule has 0 spiro atoms. The van der Waals surface area contributed by atoms with Gasteiger partial charge in [0.25, 0.3) is 0 Å². The third kappa shape index (κ3) is 2.40. The highest BCUT2D eigenvalue weighted by molar-refractivity contribution is 5.91. The van der Waals surface area contributed by atoms with Crippen LogP contribution in [0.3, 0.4) is 0 Å². The fourth-order valence-corrected chi connectivity index (χ4v) is 4.24. The SMILES string of the molecule is CCc1cccc2c1c1c(n2-c2ccc3c(c2)OCO3)CNC(C(=O)O)C1. The van der Waals surface area contributed by atoms with Crippen LogP contribution in [0.2, 0.25) is 0 Å². The maximum atomic E-state index is 11.6. The van der Waals surface area contributed by atoms with E-state index in [0.717, 1.165) is 40.4 Å². The summed E-state index contributed by atoms with van der Waals surface area (Å²) in [5.41, 5.74) is 5.59. The molecule has 3 aromatic rings. The average molecular weight is 364 g/mol. The van der Waals surface area contributed by atoms with E-state index in [0.29, 0.717) is 13.0 Å². The lowest BCUT2D eigenvalue weighted by atomic mass is 9.95. The highest BCUT2D eigenvalue weighted by Gasteiger charge is 2.30. The van der Waals surface area contributed by atoms with E-state index in [-0.39, 0.29) is 6.79 Å². The molecule has 6 heteroatoms. The van der Waals surface area contributed by atoms with Crippen molar-refractivity contribution in [3.8, 4) is 17.2 Å². The minimum Gasteiger partial charge on any atom is -0.480 e. The molecule has 138 valence electrons. The molecule has 2 aliphatic rings. The molecule has 1 unspecified atom stereocenters. The molecule has 0 fully saturated rings. The van der Waals surface area contributed by atoms with Crippen LogP contribution in [0.1, 0.15) is 23.7 Å². The van der Waals surface area contributed by atoms with Crippen molar-refractivity contribution >= 4 is 16.9 Å². The third-order valence-corrected chi connectivity index (χ3v) is 5.51. The van der Waals surface area contributed by atoms with Crippen LogP contribution in [0.4, 0.5) is 0 Å². The van der Waals surface area contributed by atoms with Gasteiger partial charge in [0.1, 0.15) is 6.04 Å². The molecule has 27 heavy (non-hydrogen) atoms. The van der Waals surface area contributed by atoms with Crippen LogP contribution in [0.15, 0.2) is 36.4 Å². The Morgan fingerprint density at radius 2 is 2.11 bits per heavy atom. The fraction of sp³-hybridized carbons (Fsp3) is 0.286. The number of carbonyl (C=O) groups is 1. The number of nitrogens with zero attached hydrogens (tertiary/aromatic N) is 1. The van der Waals surface area contributed by atoms with Gasteiger partial charge in [-0.05, 0) is 35.7 Å². The predicted molar refractivity (Wildman–Crippen MR) is 101 cm³/mol. The highest BCUT2D eigenvalue weighted by Crippen LogP contribution is 2.38. The molecular formula is C21H20N2O4. The number of fused-ring (bicyclic) bond motifs is 4. The number of benzene rings is 2. The molecule has 3 heterocycles. The first-order valence-corrected chi connectivity index (χ1v) is 9.17. The van der Waals surface area contributed by atoms with Crippen LogP contribution in [0.5, 0.6) is 11.5 Å². The van der Waals surface area contributed by atoms with Gasteiger partial charge >= 0.3 is 5.97 Å². The maximum Gasteiger partial charge on any atom is 0.321 e. The second-order valence-corrected chi connectivity index (χ2v) is 6.94. The zero-order valence-corrected chi connectivity index (χ0v) is 15.0. The molecule has 2 N–H and O–H groups in total. The van der Waals surface area contributed by atoms with E-state index >= 15 is 0 Å². The summed E-state index contributed by atoms with van der Waals surface area (Å²) >= 11 is 0. The van der Waals surface area contributed by atoms with Crippen LogP contribution in [0, 0.1) is 0 Å². The van der Waals surface area contributed by atoms with E-state index in [1.54, 1.807) is 0 Å². The number of nitrogens with one attached hydrogen (secondary N) is 1. The number of aryl methyl sites for hydroxylation is 1. The van der Waals surface area contributed by atoms with Gasteiger partial charge in [-0.25, -0.2) is 0 Å². The van der Waals surface area contributed by atoms with Gasteiger partial charge in [0, 0.05) is 35.8 Å². The smallest absolute Gasteiger partial charge is 0.321 e. The molecule has 2 aliphatic heterocycles. The summed E-state index contributed by atoms with van der Waals surface area (Å²) in [5.74, 6) is 0.683. The number of aliphatic carboxylic acids is 1. The summed E-state index contributed by atoms with van der Waals surface area (Å²) in [4.78, 5) is 11.6. The number of carboxylic acid groups (broad SMARTS) is 1. The molecule has 0 bridgehead atoms. The summed E-state index contributed by atoms with van der Waals surface area (Å²) in [6.45, 7) is 2.89. The molecule has 0 saturated heterocycles. The predicted octanol–water partition coefficient (Wildman–Crippen LogP) is 3.02. The Balaban J connectivity index is 1.77. The first-order valence-electron chi connectivity index (χ1n) is 9.17. The first-order chi connectivity index (χ1) is 13.2. The van der Waals surface area contributed by atoms with Gasteiger partial charge in [-0.3, -0.25) is 10.1 Å². The molecule has 1 aromatic heterocycles. The molecule has 2 aromatic carbocycles. The van der Waals surface area contributed by atoms with Crippen molar-refractivity contribution in [2.75, 3.05) is 6.79 Å². The lowest BCUT2D eigenvalue weighted by Gasteiger charge is -2.23. The Morgan fingerprint density at radius 1 is 1.26 bits per heavy atom. The van der Waals surface area contributed by atoms with Crippen molar-refractivity contribution in [1.82, 2.24) is 9.88 Å². The van der Waals surface area contributed by atoms with E-state index in [1.807, 2.05) is 18.2 Å². The van der Waals surface area contributed by atoms with Crippen molar-refractivity contribution in [3.63, 3.8) is 0 Å². The second-order valence-electron chi connectivity index (χ2n) is 6.94. The Hall–Kier alpha value is -2.99. The molecule has 1 atom stereocenters. The normalized spacial score (nSPS) is 17.9. The van der Waals surface area contributed by atoms with Crippen LogP contribution in [0.25, 0.3) is 16.6 Å². The first kappa shape index (κ1) is 16.2. The van der Waals surface area contributed by atoms with Crippen LogP contribution >= 0.6 is 0 Å². The van der Waals surface area contributed by atoms with Crippen molar-refractivity contribution < 1.29 is 19.4 Å². The average Bonchev–Trinajstić information content (AvgIpc) is 3.28. The minimum absolute atomic E-state index is 0.241. The van der Waals surface area contributed by atoms with E-state index in [4.69, 9.17) is 9.47 Å². The monoisotopic (exact) mass is 364 g/mol. The standard InChI is InChI=1S/C21H20N2O4/c1-2-12-4-3-5-16-20(12)14-9-15(21(24)25)22-10-17(14)23(16)13-6-7-18-19(8-13)27-11-26-18/h3-8,15,22H,2,9-11H2,1H3,(H,24,25). The third-order valence-electron chi connectivity index (χ3n) is 5.51. The van der Waals surface area contributed by atoms with E-state index in [1.165, 1.54) is 10.9 Å². The van der Waals surface area contributed by atoms with Gasteiger partial charge in [0.15, 0.2) is 11.5 Å². The number of hydrogen-bond acceptors (Lipinski definition) is 4. The number of rotatable bonds is 3. The van der Waals surface area contributed by atoms with Crippen LogP contribution in [-0.2, 0) is 24.2 Å². The molecule has 0 aliphatic carbocycles. The quantitative estimate of drug-likeness (QED) is 0.747. The highest BCUT2D eigenvalue weighted by atomic mass is 16.7. The summed E-state index contributed by atoms with van der Waals surface area (Å²) in [7, 11) is 0. The van der Waals surface area contributed by atoms with Gasteiger partial charge in [-0.2, -0.15) is 0 Å². The van der Waals surface area contributed by atoms with E-state index in [2.05, 4.69) is 35.0 Å². The van der Waals surface area contributed by atoms with Crippen LogP contribution in [-0.4, -0.2) is 28.5 Å². The topological polar surface area (TPSA) is 72.7 Å². The fourth-order valence-electron chi connectivity index (χ4n) is 4.24. The zero-order chi connectivity index (χ0) is 18.5. The molecule has 0 radical (unpaired) electrons. The Morgan fingerprint density at radius 3 is 2.93 bits per heavy atom. The lowest BCUT2D eigenvalue weighted by molar-refractivity contribution is -0.139. The minimum atomic E-state index is -0.807. The second kappa shape index (κ2) is 6.03. The molecule has 6 nitrogen and oxygen atoms in total. The number of ether oxygens (including phenoxy) is 2. The van der Waals surface area contributed by atoms with Gasteiger partial charge in [0.2, 0.25) is 6.79 Å². The Bertz CT molecular complexity index is 1070. The van der Waals surface area contributed by atoms with Crippen molar-refractivity contribution in [1.29, 1.82) is 0 Å². The molecular weight excluding hydrogens is 344 g/mol. The zero-order valence-electron chi connectivity index (χ0n) is 15.0. The van der Waals surface area contributed by atoms with Crippen molar-refractivity contribution in [3.05, 3.63) is 53.2 Å². The van der Waals surface area contributed by atoms with Crippen molar-refractivity contribution in [2.24, 2.45) is 0 Å². The molecule has 0 amide bonds. The van der Waals surface area contributed by atoms with E-state index < -0.39 is 12.0 Å². The van der Waals surface area contributed by atoms with Crippen LogP contribution < -0.4 is 14.8 Å². The van der Waals surface area contributed by atoms with E-state index in [9.17, 15) is 9.90 Å². The maximum absolute atomic E-state index is 11.6. The number of carboxylic acids is 1. The van der Waals surface area contributed by atoms with Gasteiger partial charge < -0.3 is 19.1 Å². The van der Waals surface area contributed by atoms with Gasteiger partial charge in [0.05, 0.1) is 5.52 Å². The summed E-state index contributed by atoms with van der Waals surface area (Å²) in [6, 6.07) is 11.7. The van der Waals surface area contributed by atoms with Gasteiger partial charge in [-0.1, -0.05) is 19.1 Å². The Labute approximate surface area is 156 Å². The summed E-state index contributed by atoms with van der Waals surface area (Å²) < 4.78 is 13.2. The number of aromatic nitrogens is 1. The largest absolute Gasteiger partial charge is 0.480 e. The number of hydrogen-bond donors (Lipinski definition) is 2. The summed E-state index contributed by atoms with van der Waals surface area (Å²) in [5, 5.41) is 13.8. The molecule has 5 rings (SSSR count). The molecule has 0 saturated carbocycles. The Kier molecular flexibility index (Phi) is 3.62. The summed E-state index contributed by atoms with van der Waals surface area (Å²) in [6.07, 6.45) is 1.38. The van der Waals surface area contributed by atoms with Crippen molar-refractivity contribution in [2.45, 2.75) is 32.4 Å². The van der Waals surface area contributed by atoms with Gasteiger partial charge in [-0.15, -0.1) is 0 Å². The lowest BCUT2D eigenvalue weighted by Crippen LogP contribution is -2.42.